The molecule has 0 N–H and O–H groups in total. The van der Waals surface area contributed by atoms with Gasteiger partial charge < -0.3 is 13.9 Å². The lowest BCUT2D eigenvalue weighted by molar-refractivity contribution is -0.131. The van der Waals surface area contributed by atoms with Gasteiger partial charge in [0.05, 0.1) is 5.25 Å². The number of fused-ring (bicyclic) bond motifs is 1. The average Bonchev–Trinajstić information content (AvgIpc) is 3.35. The Hall–Kier alpha value is -2.35. The van der Waals surface area contributed by atoms with Crippen molar-refractivity contribution in [1.82, 2.24) is 24.6 Å². The van der Waals surface area contributed by atoms with Crippen molar-refractivity contribution >= 4 is 28.8 Å². The van der Waals surface area contributed by atoms with Crippen LogP contribution in [0.2, 0.25) is 0 Å². The zero-order valence-corrected chi connectivity index (χ0v) is 15.4. The van der Waals surface area contributed by atoms with Gasteiger partial charge in [0.15, 0.2) is 5.58 Å². The second-order valence-corrected chi connectivity index (χ2v) is 7.58. The van der Waals surface area contributed by atoms with Crippen LogP contribution in [0.3, 0.4) is 0 Å². The number of carbonyl (C=O) groups is 1. The molecule has 3 heterocycles. The normalized spacial score (nSPS) is 16.9. The number of para-hydroxylation sites is 2. The minimum absolute atomic E-state index is 0.168. The molecule has 0 aliphatic carbocycles. The summed E-state index contributed by atoms with van der Waals surface area (Å²) in [5, 5.41) is 8.13. The molecular formula is C18H21N5O2S. The fraction of sp³-hybridized carbons (Fsp3) is 0.444. The zero-order valence-electron chi connectivity index (χ0n) is 14.6. The Balaban J connectivity index is 1.39. The van der Waals surface area contributed by atoms with Crippen molar-refractivity contribution in [2.24, 2.45) is 0 Å². The van der Waals surface area contributed by atoms with Crippen LogP contribution in [0, 0.1) is 0 Å². The number of piperidine rings is 1. The highest BCUT2D eigenvalue weighted by Crippen LogP contribution is 2.30. The van der Waals surface area contributed by atoms with Crippen molar-refractivity contribution in [3.8, 4) is 0 Å². The Morgan fingerprint density at radius 2 is 2.00 bits per heavy atom. The summed E-state index contributed by atoms with van der Waals surface area (Å²) in [6, 6.07) is 8.04. The van der Waals surface area contributed by atoms with E-state index in [1.165, 1.54) is 11.8 Å². The minimum Gasteiger partial charge on any atom is -0.431 e. The monoisotopic (exact) mass is 371 g/mol. The fourth-order valence-electron chi connectivity index (χ4n) is 3.32. The standard InChI is InChI=1S/C18H21N5O2S/c1-2-16(26-18-21-14-5-3-4-6-15(14)25-18)17(24)22-9-7-13(8-10-22)23-11-19-20-12-23/h3-6,11-13,16H,2,7-10H2,1H3/t16-/m1/s1. The van der Waals surface area contributed by atoms with E-state index in [4.69, 9.17) is 4.42 Å². The molecule has 0 bridgehead atoms. The van der Waals surface area contributed by atoms with Gasteiger partial charge in [-0.2, -0.15) is 0 Å². The molecule has 0 saturated carbocycles. The van der Waals surface area contributed by atoms with E-state index in [-0.39, 0.29) is 11.2 Å². The number of carbonyl (C=O) groups excluding carboxylic acids is 1. The first-order valence-electron chi connectivity index (χ1n) is 8.89. The van der Waals surface area contributed by atoms with Gasteiger partial charge in [-0.05, 0) is 31.4 Å². The third kappa shape index (κ3) is 3.46. The number of thioether (sulfide) groups is 1. The van der Waals surface area contributed by atoms with E-state index in [1.807, 2.05) is 40.7 Å². The zero-order chi connectivity index (χ0) is 17.9. The van der Waals surface area contributed by atoms with Gasteiger partial charge in [0, 0.05) is 19.1 Å². The number of rotatable bonds is 5. The molecule has 7 nitrogen and oxygen atoms in total. The van der Waals surface area contributed by atoms with Crippen molar-refractivity contribution in [2.75, 3.05) is 13.1 Å². The van der Waals surface area contributed by atoms with Crippen molar-refractivity contribution in [3.05, 3.63) is 36.9 Å². The highest BCUT2D eigenvalue weighted by Gasteiger charge is 2.29. The molecule has 1 saturated heterocycles. The minimum atomic E-state index is -0.172. The quantitative estimate of drug-likeness (QED) is 0.641. The number of hydrogen-bond donors (Lipinski definition) is 0. The second kappa shape index (κ2) is 7.49. The Labute approximate surface area is 155 Å². The van der Waals surface area contributed by atoms with Gasteiger partial charge in [-0.25, -0.2) is 4.98 Å². The molecule has 0 unspecified atom stereocenters. The van der Waals surface area contributed by atoms with Crippen molar-refractivity contribution in [3.63, 3.8) is 0 Å². The number of hydrogen-bond acceptors (Lipinski definition) is 6. The SMILES string of the molecule is CC[C@@H](Sc1nc2ccccc2o1)C(=O)N1CCC(n2cnnc2)CC1. The van der Waals surface area contributed by atoms with Crippen molar-refractivity contribution in [1.29, 1.82) is 0 Å². The molecule has 4 rings (SSSR count). The number of aromatic nitrogens is 4. The smallest absolute Gasteiger partial charge is 0.257 e. The van der Waals surface area contributed by atoms with Crippen LogP contribution in [-0.4, -0.2) is 48.9 Å². The predicted octanol–water partition coefficient (Wildman–Crippen LogP) is 3.15. The molecule has 26 heavy (non-hydrogen) atoms. The molecule has 8 heteroatoms. The van der Waals surface area contributed by atoms with Crippen LogP contribution in [0.25, 0.3) is 11.1 Å². The number of nitrogens with zero attached hydrogens (tertiary/aromatic N) is 5. The van der Waals surface area contributed by atoms with E-state index in [1.54, 1.807) is 12.7 Å². The van der Waals surface area contributed by atoms with Crippen LogP contribution < -0.4 is 0 Å². The Bertz CT molecular complexity index is 838. The van der Waals surface area contributed by atoms with Gasteiger partial charge in [-0.3, -0.25) is 4.79 Å². The average molecular weight is 371 g/mol. The molecule has 3 aromatic rings. The van der Waals surface area contributed by atoms with Crippen molar-refractivity contribution in [2.45, 2.75) is 42.7 Å². The summed E-state index contributed by atoms with van der Waals surface area (Å²) in [6.07, 6.45) is 6.09. The Morgan fingerprint density at radius 1 is 1.27 bits per heavy atom. The first-order chi connectivity index (χ1) is 12.7. The summed E-state index contributed by atoms with van der Waals surface area (Å²) in [5.41, 5.74) is 1.58. The molecule has 1 fully saturated rings. The van der Waals surface area contributed by atoms with Gasteiger partial charge >= 0.3 is 0 Å². The molecule has 1 atom stereocenters. The molecule has 1 aliphatic heterocycles. The molecule has 0 radical (unpaired) electrons. The first kappa shape index (κ1) is 17.1. The number of amides is 1. The van der Waals surface area contributed by atoms with E-state index in [9.17, 15) is 4.79 Å². The molecule has 2 aromatic heterocycles. The van der Waals surface area contributed by atoms with E-state index in [0.717, 1.165) is 43.5 Å². The molecule has 1 amide bonds. The molecular weight excluding hydrogens is 350 g/mol. The highest BCUT2D eigenvalue weighted by atomic mass is 32.2. The summed E-state index contributed by atoms with van der Waals surface area (Å²) in [5.74, 6) is 0.168. The lowest BCUT2D eigenvalue weighted by Gasteiger charge is -2.34. The molecule has 0 spiro atoms. The third-order valence-electron chi connectivity index (χ3n) is 4.80. The van der Waals surface area contributed by atoms with Gasteiger partial charge in [-0.1, -0.05) is 30.8 Å². The van der Waals surface area contributed by atoms with Gasteiger partial charge in [-0.15, -0.1) is 10.2 Å². The van der Waals surface area contributed by atoms with Crippen LogP contribution in [0.4, 0.5) is 0 Å². The molecule has 1 aromatic carbocycles. The second-order valence-electron chi connectivity index (χ2n) is 6.43. The maximum Gasteiger partial charge on any atom is 0.257 e. The van der Waals surface area contributed by atoms with Crippen LogP contribution in [0.5, 0.6) is 0 Å². The largest absolute Gasteiger partial charge is 0.431 e. The van der Waals surface area contributed by atoms with Crippen LogP contribution >= 0.6 is 11.8 Å². The van der Waals surface area contributed by atoms with Crippen molar-refractivity contribution < 1.29 is 9.21 Å². The fourth-order valence-corrected chi connectivity index (χ4v) is 4.27. The highest BCUT2D eigenvalue weighted by molar-refractivity contribution is 8.00. The maximum atomic E-state index is 12.9. The summed E-state index contributed by atoms with van der Waals surface area (Å²) >= 11 is 1.42. The topological polar surface area (TPSA) is 77.0 Å². The van der Waals surface area contributed by atoms with Gasteiger partial charge in [0.2, 0.25) is 5.91 Å². The lowest BCUT2D eigenvalue weighted by Crippen LogP contribution is -2.43. The number of likely N-dealkylation sites (tertiary alicyclic amines) is 1. The Kier molecular flexibility index (Phi) is 4.92. The maximum absolute atomic E-state index is 12.9. The van der Waals surface area contributed by atoms with E-state index in [0.29, 0.717) is 11.3 Å². The van der Waals surface area contributed by atoms with Crippen LogP contribution in [0.15, 0.2) is 46.6 Å². The lowest BCUT2D eigenvalue weighted by atomic mass is 10.0. The van der Waals surface area contributed by atoms with E-state index >= 15 is 0 Å². The third-order valence-corrected chi connectivity index (χ3v) is 5.99. The van der Waals surface area contributed by atoms with Crippen LogP contribution in [-0.2, 0) is 4.79 Å². The summed E-state index contributed by atoms with van der Waals surface area (Å²) < 4.78 is 7.80. The molecule has 1 aliphatic rings. The van der Waals surface area contributed by atoms with E-state index < -0.39 is 0 Å². The summed E-state index contributed by atoms with van der Waals surface area (Å²) in [6.45, 7) is 3.54. The van der Waals surface area contributed by atoms with Gasteiger partial charge in [0.25, 0.3) is 5.22 Å². The first-order valence-corrected chi connectivity index (χ1v) is 9.77. The van der Waals surface area contributed by atoms with Crippen LogP contribution in [0.1, 0.15) is 32.2 Å². The number of oxazole rings is 1. The molecule has 136 valence electrons. The Morgan fingerprint density at radius 3 is 2.69 bits per heavy atom. The van der Waals surface area contributed by atoms with Gasteiger partial charge in [0.1, 0.15) is 18.2 Å². The summed E-state index contributed by atoms with van der Waals surface area (Å²) in [4.78, 5) is 19.4. The predicted molar refractivity (Wildman–Crippen MR) is 98.8 cm³/mol. The van der Waals surface area contributed by atoms with E-state index in [2.05, 4.69) is 15.2 Å². The number of benzene rings is 1. The summed E-state index contributed by atoms with van der Waals surface area (Å²) in [7, 11) is 0.